The van der Waals surface area contributed by atoms with Crippen LogP contribution in [0.3, 0.4) is 0 Å². The highest BCUT2D eigenvalue weighted by Crippen LogP contribution is 2.14. The van der Waals surface area contributed by atoms with Gasteiger partial charge in [-0.1, -0.05) is 29.8 Å². The molecule has 1 heterocycles. The van der Waals surface area contributed by atoms with Crippen LogP contribution in [0.1, 0.15) is 21.8 Å². The minimum atomic E-state index is -0.345. The average molecular weight is 247 g/mol. The van der Waals surface area contributed by atoms with Crippen molar-refractivity contribution in [3.05, 3.63) is 51.5 Å². The molecule has 0 fully saturated rings. The first-order valence-corrected chi connectivity index (χ1v) is 6.66. The van der Waals surface area contributed by atoms with Gasteiger partial charge in [0.1, 0.15) is 0 Å². The average Bonchev–Trinajstić information content (AvgIpc) is 2.63. The number of aryl methyl sites for hydroxylation is 2. The Morgan fingerprint density at radius 1 is 1.29 bits per heavy atom. The fraction of sp³-hybridized carbons (Fsp3) is 0.357. The Labute approximate surface area is 106 Å². The lowest BCUT2D eigenvalue weighted by atomic mass is 10.0. The Morgan fingerprint density at radius 2 is 2.12 bits per heavy atom. The summed E-state index contributed by atoms with van der Waals surface area (Å²) in [5.41, 5.74) is 3.46. The summed E-state index contributed by atoms with van der Waals surface area (Å²) in [6, 6.07) is 8.28. The molecule has 0 spiro atoms. The zero-order chi connectivity index (χ0) is 12.3. The fourth-order valence-electron chi connectivity index (χ4n) is 1.88. The molecule has 0 aliphatic heterocycles. The highest BCUT2D eigenvalue weighted by Gasteiger charge is 2.09. The number of hydrogen-bond acceptors (Lipinski definition) is 3. The predicted molar refractivity (Wildman–Crippen MR) is 71.4 cm³/mol. The van der Waals surface area contributed by atoms with E-state index < -0.39 is 0 Å². The molecule has 2 aromatic rings. The van der Waals surface area contributed by atoms with Gasteiger partial charge in [-0.2, -0.15) is 0 Å². The zero-order valence-corrected chi connectivity index (χ0v) is 11.0. The monoisotopic (exact) mass is 247 g/mol. The van der Waals surface area contributed by atoms with Gasteiger partial charge >= 0.3 is 0 Å². The van der Waals surface area contributed by atoms with Crippen molar-refractivity contribution in [3.8, 4) is 0 Å². The molecule has 2 rings (SSSR count). The fourth-order valence-corrected chi connectivity index (χ4v) is 2.73. The van der Waals surface area contributed by atoms with Gasteiger partial charge in [-0.05, 0) is 25.8 Å². The summed E-state index contributed by atoms with van der Waals surface area (Å²) in [4.78, 5) is 4.37. The van der Waals surface area contributed by atoms with Crippen molar-refractivity contribution in [1.82, 2.24) is 4.98 Å². The molecule has 1 aromatic carbocycles. The molecule has 2 nitrogen and oxygen atoms in total. The Balaban J connectivity index is 1.95. The van der Waals surface area contributed by atoms with E-state index in [0.29, 0.717) is 12.8 Å². The second-order valence-electron chi connectivity index (χ2n) is 4.43. The normalized spacial score (nSPS) is 12.6. The summed E-state index contributed by atoms with van der Waals surface area (Å²) < 4.78 is 0. The summed E-state index contributed by atoms with van der Waals surface area (Å²) in [6.07, 6.45) is 0.995. The summed E-state index contributed by atoms with van der Waals surface area (Å²) in [5, 5.41) is 13.1. The van der Waals surface area contributed by atoms with Crippen molar-refractivity contribution in [2.75, 3.05) is 0 Å². The Morgan fingerprint density at radius 3 is 2.76 bits per heavy atom. The number of hydrogen-bond donors (Lipinski definition) is 1. The lowest BCUT2D eigenvalue weighted by Gasteiger charge is -2.09. The van der Waals surface area contributed by atoms with E-state index in [1.165, 1.54) is 11.1 Å². The summed E-state index contributed by atoms with van der Waals surface area (Å²) in [5.74, 6) is 0. The Hall–Kier alpha value is -1.19. The van der Waals surface area contributed by atoms with Crippen LogP contribution < -0.4 is 0 Å². The van der Waals surface area contributed by atoms with E-state index in [1.807, 2.05) is 18.4 Å². The molecule has 17 heavy (non-hydrogen) atoms. The van der Waals surface area contributed by atoms with Crippen LogP contribution in [0.2, 0.25) is 0 Å². The maximum absolute atomic E-state index is 10.0. The van der Waals surface area contributed by atoms with Gasteiger partial charge in [0.2, 0.25) is 0 Å². The largest absolute Gasteiger partial charge is 0.392 e. The van der Waals surface area contributed by atoms with Crippen LogP contribution in [0.5, 0.6) is 0 Å². The van der Waals surface area contributed by atoms with Crippen molar-refractivity contribution in [2.45, 2.75) is 32.8 Å². The van der Waals surface area contributed by atoms with E-state index in [9.17, 15) is 5.11 Å². The molecule has 90 valence electrons. The van der Waals surface area contributed by atoms with Gasteiger partial charge < -0.3 is 5.11 Å². The maximum atomic E-state index is 10.0. The van der Waals surface area contributed by atoms with Crippen molar-refractivity contribution in [2.24, 2.45) is 0 Å². The van der Waals surface area contributed by atoms with Gasteiger partial charge in [-0.25, -0.2) is 4.98 Å². The molecular formula is C14H17NOS. The molecule has 0 saturated carbocycles. The number of rotatable bonds is 4. The van der Waals surface area contributed by atoms with Gasteiger partial charge in [0.25, 0.3) is 0 Å². The first kappa shape index (κ1) is 12.3. The summed E-state index contributed by atoms with van der Waals surface area (Å²) >= 11 is 1.62. The Kier molecular flexibility index (Phi) is 3.92. The van der Waals surface area contributed by atoms with E-state index in [4.69, 9.17) is 0 Å². The molecule has 0 bridgehead atoms. The van der Waals surface area contributed by atoms with Crippen LogP contribution in [0.25, 0.3) is 0 Å². The molecule has 1 N–H and O–H groups in total. The first-order chi connectivity index (χ1) is 8.13. The molecule has 1 aromatic heterocycles. The van der Waals surface area contributed by atoms with E-state index in [2.05, 4.69) is 30.1 Å². The molecule has 0 aliphatic carbocycles. The van der Waals surface area contributed by atoms with Crippen LogP contribution in [-0.2, 0) is 12.8 Å². The number of aliphatic hydroxyl groups is 1. The molecule has 1 atom stereocenters. The number of benzene rings is 1. The van der Waals surface area contributed by atoms with Crippen LogP contribution in [-0.4, -0.2) is 16.2 Å². The van der Waals surface area contributed by atoms with Gasteiger partial charge in [0, 0.05) is 17.5 Å². The highest BCUT2D eigenvalue weighted by molar-refractivity contribution is 7.09. The number of thiazole rings is 1. The third kappa shape index (κ3) is 3.65. The number of aliphatic hydroxyl groups excluding tert-OH is 1. The lowest BCUT2D eigenvalue weighted by molar-refractivity contribution is 0.175. The molecule has 0 saturated heterocycles. The predicted octanol–water partition coefficient (Wildman–Crippen LogP) is 2.91. The van der Waals surface area contributed by atoms with E-state index in [0.717, 1.165) is 10.7 Å². The molecule has 0 amide bonds. The van der Waals surface area contributed by atoms with E-state index >= 15 is 0 Å². The zero-order valence-electron chi connectivity index (χ0n) is 10.2. The molecule has 0 aliphatic rings. The van der Waals surface area contributed by atoms with Crippen LogP contribution in [0.15, 0.2) is 29.6 Å². The number of aromatic nitrogens is 1. The van der Waals surface area contributed by atoms with Gasteiger partial charge in [0.15, 0.2) is 0 Å². The maximum Gasteiger partial charge on any atom is 0.0954 e. The minimum absolute atomic E-state index is 0.345. The van der Waals surface area contributed by atoms with Crippen LogP contribution in [0, 0.1) is 13.8 Å². The highest BCUT2D eigenvalue weighted by atomic mass is 32.1. The van der Waals surface area contributed by atoms with Crippen LogP contribution in [0.4, 0.5) is 0 Å². The number of nitrogens with zero attached hydrogens (tertiary/aromatic N) is 1. The second-order valence-corrected chi connectivity index (χ2v) is 5.38. The SMILES string of the molecule is Cc1cccc(CC(O)Cc2nc(C)cs2)c1. The smallest absolute Gasteiger partial charge is 0.0954 e. The van der Waals surface area contributed by atoms with Crippen molar-refractivity contribution < 1.29 is 5.11 Å². The topological polar surface area (TPSA) is 33.1 Å². The van der Waals surface area contributed by atoms with E-state index in [-0.39, 0.29) is 6.10 Å². The summed E-state index contributed by atoms with van der Waals surface area (Å²) in [7, 11) is 0. The minimum Gasteiger partial charge on any atom is -0.392 e. The quantitative estimate of drug-likeness (QED) is 0.901. The van der Waals surface area contributed by atoms with Gasteiger partial charge in [-0.3, -0.25) is 0 Å². The Bertz CT molecular complexity index is 492. The van der Waals surface area contributed by atoms with Crippen LogP contribution >= 0.6 is 11.3 Å². The van der Waals surface area contributed by atoms with E-state index in [1.54, 1.807) is 11.3 Å². The molecule has 3 heteroatoms. The lowest BCUT2D eigenvalue weighted by Crippen LogP contribution is -2.13. The van der Waals surface area contributed by atoms with Crippen molar-refractivity contribution in [1.29, 1.82) is 0 Å². The van der Waals surface area contributed by atoms with Gasteiger partial charge in [0.05, 0.1) is 11.1 Å². The molecule has 0 radical (unpaired) electrons. The standard InChI is InChI=1S/C14H17NOS/c1-10-4-3-5-12(6-10)7-13(16)8-14-15-11(2)9-17-14/h3-6,9,13,16H,7-8H2,1-2H3. The first-order valence-electron chi connectivity index (χ1n) is 5.78. The van der Waals surface area contributed by atoms with Crippen molar-refractivity contribution in [3.63, 3.8) is 0 Å². The summed E-state index contributed by atoms with van der Waals surface area (Å²) in [6.45, 7) is 4.05. The van der Waals surface area contributed by atoms with Crippen molar-refractivity contribution >= 4 is 11.3 Å². The third-order valence-electron chi connectivity index (χ3n) is 2.63. The van der Waals surface area contributed by atoms with Gasteiger partial charge in [-0.15, -0.1) is 11.3 Å². The molecule has 1 unspecified atom stereocenters. The third-order valence-corrected chi connectivity index (χ3v) is 3.62. The second kappa shape index (κ2) is 5.43. The molecular weight excluding hydrogens is 230 g/mol.